The van der Waals surface area contributed by atoms with Gasteiger partial charge in [-0.3, -0.25) is 14.6 Å². The van der Waals surface area contributed by atoms with E-state index in [4.69, 9.17) is 0 Å². The zero-order valence-electron chi connectivity index (χ0n) is 17.7. The maximum atomic E-state index is 13.7. The Morgan fingerprint density at radius 3 is 2.58 bits per heavy atom. The highest BCUT2D eigenvalue weighted by molar-refractivity contribution is 6.69. The van der Waals surface area contributed by atoms with Crippen molar-refractivity contribution in [2.45, 2.75) is 39.2 Å². The molecule has 1 aromatic carbocycles. The number of hydrogen-bond acceptors (Lipinski definition) is 6. The zero-order valence-corrected chi connectivity index (χ0v) is 17.7. The van der Waals surface area contributed by atoms with Gasteiger partial charge in [0.05, 0.1) is 41.1 Å². The average Bonchev–Trinajstić information content (AvgIpc) is 3.62. The topological polar surface area (TPSA) is 109 Å². The molecule has 9 heteroatoms. The minimum absolute atomic E-state index is 0.0249. The molecule has 1 fully saturated rings. The van der Waals surface area contributed by atoms with E-state index in [9.17, 15) is 14.0 Å². The highest BCUT2D eigenvalue weighted by atomic mass is 19.1. The molecule has 1 unspecified atom stereocenters. The first-order valence-electron chi connectivity index (χ1n) is 10.2. The van der Waals surface area contributed by atoms with Crippen LogP contribution in [0.15, 0.2) is 46.9 Å². The third-order valence-electron chi connectivity index (χ3n) is 4.97. The first-order valence-corrected chi connectivity index (χ1v) is 10.2. The average molecular weight is 424 g/mol. The van der Waals surface area contributed by atoms with Gasteiger partial charge in [-0.15, -0.1) is 0 Å². The summed E-state index contributed by atoms with van der Waals surface area (Å²) in [5, 5.41) is 5.16. The molecular weight excluding hydrogens is 399 g/mol. The molecule has 0 saturated heterocycles. The summed E-state index contributed by atoms with van der Waals surface area (Å²) in [5.41, 5.74) is 1.38. The van der Waals surface area contributed by atoms with Crippen LogP contribution in [-0.4, -0.2) is 46.3 Å². The van der Waals surface area contributed by atoms with Crippen LogP contribution in [0.5, 0.6) is 0 Å². The lowest BCUT2D eigenvalue weighted by Crippen LogP contribution is -2.32. The molecule has 1 aromatic heterocycles. The van der Waals surface area contributed by atoms with Gasteiger partial charge in [-0.2, -0.15) is 0 Å². The number of aromatic nitrogens is 2. The van der Waals surface area contributed by atoms with Crippen LogP contribution >= 0.6 is 0 Å². The highest BCUT2D eigenvalue weighted by Gasteiger charge is 2.30. The van der Waals surface area contributed by atoms with E-state index in [1.807, 2.05) is 13.8 Å². The standard InChI is InChI=1S/C22H25FN6O2/c1-4-18(28-16-10-25-12-26-11-16)20(27-13(2)14-5-6-14)22(31)29-19-8-7-15(23)9-17(19)21(30)24-3/h7-14H,4-6H2,1-3H3,(H,24,30)(H,29,31). The quantitative estimate of drug-likeness (QED) is 0.634. The normalized spacial score (nSPS) is 15.4. The van der Waals surface area contributed by atoms with E-state index < -0.39 is 17.6 Å². The second-order valence-corrected chi connectivity index (χ2v) is 7.29. The fraction of sp³-hybridized carbons (Fsp3) is 0.364. The van der Waals surface area contributed by atoms with Crippen molar-refractivity contribution in [3.05, 3.63) is 48.3 Å². The van der Waals surface area contributed by atoms with Crippen molar-refractivity contribution in [2.24, 2.45) is 15.9 Å². The number of aliphatic imine (C=N–C) groups is 2. The Morgan fingerprint density at radius 1 is 1.26 bits per heavy atom. The van der Waals surface area contributed by atoms with Crippen molar-refractivity contribution in [3.8, 4) is 0 Å². The third-order valence-corrected chi connectivity index (χ3v) is 4.97. The number of anilines is 1. The van der Waals surface area contributed by atoms with Crippen molar-refractivity contribution >= 4 is 34.6 Å². The van der Waals surface area contributed by atoms with Gasteiger partial charge >= 0.3 is 0 Å². The van der Waals surface area contributed by atoms with Crippen LogP contribution in [0.25, 0.3) is 0 Å². The van der Waals surface area contributed by atoms with Crippen LogP contribution < -0.4 is 10.6 Å². The first-order chi connectivity index (χ1) is 14.9. The monoisotopic (exact) mass is 424 g/mol. The number of hydrogen-bond donors (Lipinski definition) is 2. The Balaban J connectivity index is 1.97. The number of rotatable bonds is 8. The lowest BCUT2D eigenvalue weighted by atomic mass is 10.1. The van der Waals surface area contributed by atoms with Crippen LogP contribution in [0.1, 0.15) is 43.5 Å². The molecule has 0 aliphatic heterocycles. The largest absolute Gasteiger partial charge is 0.355 e. The number of benzene rings is 1. The molecule has 1 aliphatic carbocycles. The van der Waals surface area contributed by atoms with Gasteiger partial charge in [0.2, 0.25) is 0 Å². The summed E-state index contributed by atoms with van der Waals surface area (Å²) in [6, 6.07) is 3.57. The molecular formula is C22H25FN6O2. The van der Waals surface area contributed by atoms with E-state index >= 15 is 0 Å². The fourth-order valence-corrected chi connectivity index (χ4v) is 3.09. The third kappa shape index (κ3) is 5.78. The minimum Gasteiger partial charge on any atom is -0.355 e. The van der Waals surface area contributed by atoms with E-state index in [0.717, 1.165) is 18.9 Å². The fourth-order valence-electron chi connectivity index (χ4n) is 3.09. The molecule has 2 amide bonds. The van der Waals surface area contributed by atoms with Gasteiger partial charge in [0.25, 0.3) is 11.8 Å². The van der Waals surface area contributed by atoms with Crippen molar-refractivity contribution in [2.75, 3.05) is 12.4 Å². The van der Waals surface area contributed by atoms with E-state index in [-0.39, 0.29) is 23.0 Å². The molecule has 1 atom stereocenters. The molecule has 1 aliphatic rings. The molecule has 31 heavy (non-hydrogen) atoms. The number of amides is 2. The second kappa shape index (κ2) is 10.0. The Hall–Kier alpha value is -3.49. The summed E-state index contributed by atoms with van der Waals surface area (Å²) < 4.78 is 13.7. The Labute approximate surface area is 180 Å². The zero-order chi connectivity index (χ0) is 22.4. The summed E-state index contributed by atoms with van der Waals surface area (Å²) in [6.45, 7) is 3.85. The summed E-state index contributed by atoms with van der Waals surface area (Å²) in [5.74, 6) is -1.16. The summed E-state index contributed by atoms with van der Waals surface area (Å²) >= 11 is 0. The van der Waals surface area contributed by atoms with Crippen LogP contribution in [0.4, 0.5) is 15.8 Å². The predicted molar refractivity (Wildman–Crippen MR) is 117 cm³/mol. The minimum atomic E-state index is -0.576. The lowest BCUT2D eigenvalue weighted by Gasteiger charge is -2.14. The molecule has 2 aromatic rings. The molecule has 0 radical (unpaired) electrons. The maximum Gasteiger partial charge on any atom is 0.275 e. The molecule has 162 valence electrons. The predicted octanol–water partition coefficient (Wildman–Crippen LogP) is 3.34. The van der Waals surface area contributed by atoms with Gasteiger partial charge < -0.3 is 10.6 Å². The number of nitrogens with zero attached hydrogens (tertiary/aromatic N) is 4. The molecule has 1 saturated carbocycles. The Kier molecular flexibility index (Phi) is 7.17. The molecule has 1 heterocycles. The summed E-state index contributed by atoms with van der Waals surface area (Å²) in [4.78, 5) is 42.5. The SMILES string of the molecule is CCC(=Nc1cncnc1)C(=NC(C)C1CC1)C(=O)Nc1ccc(F)cc1C(=O)NC. The number of carbonyl (C=O) groups is 2. The van der Waals surface area contributed by atoms with Crippen LogP contribution in [0.2, 0.25) is 0 Å². The van der Waals surface area contributed by atoms with Gasteiger partial charge in [-0.25, -0.2) is 19.4 Å². The van der Waals surface area contributed by atoms with Gasteiger partial charge in [0.15, 0.2) is 0 Å². The van der Waals surface area contributed by atoms with Crippen LogP contribution in [-0.2, 0) is 4.79 Å². The van der Waals surface area contributed by atoms with Crippen molar-refractivity contribution in [3.63, 3.8) is 0 Å². The summed E-state index contributed by atoms with van der Waals surface area (Å²) in [6.07, 6.45) is 7.09. The molecule has 8 nitrogen and oxygen atoms in total. The second-order valence-electron chi connectivity index (χ2n) is 7.29. The van der Waals surface area contributed by atoms with Crippen LogP contribution in [0.3, 0.4) is 0 Å². The van der Waals surface area contributed by atoms with E-state index in [0.29, 0.717) is 23.7 Å². The molecule has 0 bridgehead atoms. The van der Waals surface area contributed by atoms with E-state index in [1.54, 1.807) is 12.4 Å². The molecule has 2 N–H and O–H groups in total. The van der Waals surface area contributed by atoms with Gasteiger partial charge in [-0.1, -0.05) is 6.92 Å². The molecule has 0 spiro atoms. The van der Waals surface area contributed by atoms with Gasteiger partial charge in [0.1, 0.15) is 17.9 Å². The lowest BCUT2D eigenvalue weighted by molar-refractivity contribution is -0.110. The van der Waals surface area contributed by atoms with Gasteiger partial charge in [0, 0.05) is 7.05 Å². The van der Waals surface area contributed by atoms with E-state index in [1.165, 1.54) is 25.5 Å². The van der Waals surface area contributed by atoms with Gasteiger partial charge in [-0.05, 0) is 50.3 Å². The Bertz CT molecular complexity index is 1020. The maximum absolute atomic E-state index is 13.7. The van der Waals surface area contributed by atoms with E-state index in [2.05, 4.69) is 30.6 Å². The Morgan fingerprint density at radius 2 is 1.97 bits per heavy atom. The number of nitrogens with one attached hydrogen (secondary N) is 2. The number of halogens is 1. The smallest absolute Gasteiger partial charge is 0.275 e. The number of carbonyl (C=O) groups excluding carboxylic acids is 2. The summed E-state index contributed by atoms with van der Waals surface area (Å²) in [7, 11) is 1.44. The van der Waals surface area contributed by atoms with Crippen LogP contribution in [0, 0.1) is 11.7 Å². The van der Waals surface area contributed by atoms with Crippen molar-refractivity contribution in [1.29, 1.82) is 0 Å². The highest BCUT2D eigenvalue weighted by Crippen LogP contribution is 2.34. The van der Waals surface area contributed by atoms with Crippen molar-refractivity contribution < 1.29 is 14.0 Å². The first kappa shape index (κ1) is 22.2. The molecule has 3 rings (SSSR count). The van der Waals surface area contributed by atoms with Crippen molar-refractivity contribution in [1.82, 2.24) is 15.3 Å².